The zero-order valence-corrected chi connectivity index (χ0v) is 15.1. The summed E-state index contributed by atoms with van der Waals surface area (Å²) < 4.78 is 0. The molecular weight excluding hydrogens is 318 g/mol. The molecule has 0 bridgehead atoms. The highest BCUT2D eigenvalue weighted by atomic mass is 35.5. The monoisotopic (exact) mass is 337 g/mol. The maximum absolute atomic E-state index is 6.06. The molecular formula is C18H19BClN4. The van der Waals surface area contributed by atoms with Crippen molar-refractivity contribution in [3.63, 3.8) is 0 Å². The van der Waals surface area contributed by atoms with E-state index in [0.717, 1.165) is 22.1 Å². The van der Waals surface area contributed by atoms with E-state index in [9.17, 15) is 0 Å². The molecule has 3 heterocycles. The molecule has 0 saturated heterocycles. The van der Waals surface area contributed by atoms with Crippen LogP contribution < -0.4 is 0 Å². The van der Waals surface area contributed by atoms with Gasteiger partial charge in [0.05, 0.1) is 12.3 Å². The number of nitrogens with zero attached hydrogens (tertiary/aromatic N) is 4. The number of hydrazone groups is 1. The first kappa shape index (κ1) is 15.5. The van der Waals surface area contributed by atoms with Crippen LogP contribution in [0.25, 0.3) is 0 Å². The Morgan fingerprint density at radius 1 is 1.17 bits per heavy atom. The first-order valence-electron chi connectivity index (χ1n) is 8.12. The Balaban J connectivity index is 1.89. The van der Waals surface area contributed by atoms with Crippen LogP contribution in [0.15, 0.2) is 56.6 Å². The zero-order chi connectivity index (χ0) is 17.0. The second kappa shape index (κ2) is 5.52. The van der Waals surface area contributed by atoms with Crippen molar-refractivity contribution in [3.05, 3.63) is 57.1 Å². The summed E-state index contributed by atoms with van der Waals surface area (Å²) in [6.07, 6.45) is 0.134. The molecule has 0 spiro atoms. The summed E-state index contributed by atoms with van der Waals surface area (Å²) in [5.41, 5.74) is 7.12. The molecule has 0 amide bonds. The van der Waals surface area contributed by atoms with E-state index in [1.807, 2.05) is 36.3 Å². The van der Waals surface area contributed by atoms with Crippen LogP contribution >= 0.6 is 11.6 Å². The standard InChI is InChI=1S/C18H19BClN4/c1-10-11(2)19-18-16(10)17(13-5-7-14(20)8-6-13)21-9-15-23(4)22-12(3)24(15)18/h5-8,15H,9H2,1-4H3. The number of benzene rings is 1. The molecule has 1 unspecified atom stereocenters. The molecule has 3 aliphatic rings. The van der Waals surface area contributed by atoms with Gasteiger partial charge in [-0.3, -0.25) is 10.0 Å². The lowest BCUT2D eigenvalue weighted by Gasteiger charge is -2.29. The lowest BCUT2D eigenvalue weighted by molar-refractivity contribution is 0.199. The van der Waals surface area contributed by atoms with Gasteiger partial charge < -0.3 is 4.90 Å². The predicted octanol–water partition coefficient (Wildman–Crippen LogP) is 3.27. The number of allylic oxidation sites excluding steroid dienone is 3. The fraction of sp³-hybridized carbons (Fsp3) is 0.333. The number of hydrogen-bond donors (Lipinski definition) is 0. The second-order valence-electron chi connectivity index (χ2n) is 6.48. The second-order valence-corrected chi connectivity index (χ2v) is 6.92. The molecule has 3 aliphatic heterocycles. The highest BCUT2D eigenvalue weighted by Gasteiger charge is 2.39. The first-order chi connectivity index (χ1) is 11.5. The van der Waals surface area contributed by atoms with Crippen molar-refractivity contribution in [2.24, 2.45) is 10.1 Å². The Morgan fingerprint density at radius 2 is 1.88 bits per heavy atom. The SMILES string of the molecule is CC1=NN(C)C2CN=C(c3ccc(Cl)cc3)C3=C([B]C(C)=C3C)N12. The van der Waals surface area contributed by atoms with Crippen molar-refractivity contribution in [1.29, 1.82) is 0 Å². The van der Waals surface area contributed by atoms with Crippen LogP contribution in [0.2, 0.25) is 5.02 Å². The van der Waals surface area contributed by atoms with E-state index in [1.165, 1.54) is 22.2 Å². The molecule has 0 saturated carbocycles. The molecule has 0 fully saturated rings. The Hall–Kier alpha value is -2.01. The van der Waals surface area contributed by atoms with E-state index >= 15 is 0 Å². The van der Waals surface area contributed by atoms with Crippen LogP contribution in [0.1, 0.15) is 26.3 Å². The fourth-order valence-electron chi connectivity index (χ4n) is 3.62. The number of likely N-dealkylation sites (N-methyl/N-ethyl adjacent to an activating group) is 1. The first-order valence-corrected chi connectivity index (χ1v) is 8.50. The smallest absolute Gasteiger partial charge is 0.209 e. The van der Waals surface area contributed by atoms with Gasteiger partial charge in [-0.15, -0.1) is 0 Å². The van der Waals surface area contributed by atoms with E-state index in [1.54, 1.807) is 0 Å². The van der Waals surface area contributed by atoms with Gasteiger partial charge in [-0.1, -0.05) is 41.7 Å². The van der Waals surface area contributed by atoms with Gasteiger partial charge in [0.15, 0.2) is 0 Å². The summed E-state index contributed by atoms with van der Waals surface area (Å²) in [5, 5.41) is 7.36. The molecule has 6 heteroatoms. The van der Waals surface area contributed by atoms with Crippen LogP contribution in [0.4, 0.5) is 0 Å². The molecule has 24 heavy (non-hydrogen) atoms. The van der Waals surface area contributed by atoms with Crippen LogP contribution in [-0.2, 0) is 0 Å². The number of halogens is 1. The Morgan fingerprint density at radius 3 is 2.58 bits per heavy atom. The summed E-state index contributed by atoms with van der Waals surface area (Å²) in [7, 11) is 4.27. The van der Waals surface area contributed by atoms with Crippen molar-refractivity contribution in [3.8, 4) is 0 Å². The largest absolute Gasteiger partial charge is 0.316 e. The van der Waals surface area contributed by atoms with E-state index in [0.29, 0.717) is 6.54 Å². The van der Waals surface area contributed by atoms with Gasteiger partial charge >= 0.3 is 0 Å². The number of hydrogen-bond acceptors (Lipinski definition) is 4. The van der Waals surface area contributed by atoms with Gasteiger partial charge in [0.2, 0.25) is 7.28 Å². The van der Waals surface area contributed by atoms with Crippen LogP contribution in [0.3, 0.4) is 0 Å². The normalized spacial score (nSPS) is 23.0. The van der Waals surface area contributed by atoms with Crippen molar-refractivity contribution in [1.82, 2.24) is 9.91 Å². The summed E-state index contributed by atoms with van der Waals surface area (Å²) >= 11 is 6.06. The van der Waals surface area contributed by atoms with Crippen molar-refractivity contribution >= 4 is 30.4 Å². The minimum atomic E-state index is 0.134. The summed E-state index contributed by atoms with van der Waals surface area (Å²) in [6.45, 7) is 7.07. The van der Waals surface area contributed by atoms with Crippen LogP contribution in [0, 0.1) is 0 Å². The average molecular weight is 338 g/mol. The quantitative estimate of drug-likeness (QED) is 0.737. The summed E-state index contributed by atoms with van der Waals surface area (Å²) in [4.78, 5) is 7.29. The third-order valence-corrected chi connectivity index (χ3v) is 5.24. The third kappa shape index (κ3) is 2.22. The molecule has 1 atom stereocenters. The average Bonchev–Trinajstić information content (AvgIpc) is 2.91. The maximum atomic E-state index is 6.06. The molecule has 1 aromatic rings. The van der Waals surface area contributed by atoms with E-state index < -0.39 is 0 Å². The molecule has 0 aromatic heterocycles. The van der Waals surface area contributed by atoms with E-state index in [-0.39, 0.29) is 6.17 Å². The lowest BCUT2D eigenvalue weighted by atomic mass is 9.69. The van der Waals surface area contributed by atoms with Gasteiger partial charge in [-0.05, 0) is 31.6 Å². The summed E-state index contributed by atoms with van der Waals surface area (Å²) in [5.74, 6) is 1.02. The number of rotatable bonds is 1. The predicted molar refractivity (Wildman–Crippen MR) is 101 cm³/mol. The van der Waals surface area contributed by atoms with Gasteiger partial charge in [-0.2, -0.15) is 5.10 Å². The van der Waals surface area contributed by atoms with Crippen LogP contribution in [-0.4, -0.2) is 48.5 Å². The summed E-state index contributed by atoms with van der Waals surface area (Å²) in [6, 6.07) is 7.95. The topological polar surface area (TPSA) is 31.2 Å². The van der Waals surface area contributed by atoms with Crippen molar-refractivity contribution in [2.45, 2.75) is 26.9 Å². The highest BCUT2D eigenvalue weighted by Crippen LogP contribution is 2.36. The molecule has 0 N–H and O–H groups in total. The molecule has 4 nitrogen and oxygen atoms in total. The van der Waals surface area contributed by atoms with Gasteiger partial charge in [0.1, 0.15) is 12.0 Å². The minimum Gasteiger partial charge on any atom is -0.316 e. The maximum Gasteiger partial charge on any atom is 0.209 e. The van der Waals surface area contributed by atoms with Crippen LogP contribution in [0.5, 0.6) is 0 Å². The Bertz CT molecular complexity index is 835. The third-order valence-electron chi connectivity index (χ3n) is 4.98. The molecule has 1 radical (unpaired) electrons. The number of aliphatic imine (C=N–C) groups is 1. The van der Waals surface area contributed by atoms with E-state index in [2.05, 4.69) is 38.1 Å². The minimum absolute atomic E-state index is 0.134. The Kier molecular flexibility index (Phi) is 3.57. The highest BCUT2D eigenvalue weighted by molar-refractivity contribution is 6.58. The van der Waals surface area contributed by atoms with Crippen molar-refractivity contribution in [2.75, 3.05) is 13.6 Å². The molecule has 4 rings (SSSR count). The molecule has 1 aromatic carbocycles. The Labute approximate surface area is 148 Å². The van der Waals surface area contributed by atoms with Gasteiger partial charge in [0, 0.05) is 23.2 Å². The molecule has 121 valence electrons. The molecule has 0 aliphatic carbocycles. The zero-order valence-electron chi connectivity index (χ0n) is 14.3. The fourth-order valence-corrected chi connectivity index (χ4v) is 3.75. The van der Waals surface area contributed by atoms with E-state index in [4.69, 9.17) is 16.6 Å². The number of fused-ring (bicyclic) bond motifs is 2. The van der Waals surface area contributed by atoms with Crippen molar-refractivity contribution < 1.29 is 0 Å². The van der Waals surface area contributed by atoms with Gasteiger partial charge in [-0.25, -0.2) is 0 Å². The lowest BCUT2D eigenvalue weighted by Crippen LogP contribution is -2.42. The number of amidine groups is 1. The van der Waals surface area contributed by atoms with Gasteiger partial charge in [0.25, 0.3) is 0 Å².